The number of rotatable bonds is 10. The fourth-order valence-corrected chi connectivity index (χ4v) is 7.52. The highest BCUT2D eigenvalue weighted by Crippen LogP contribution is 2.36. The highest BCUT2D eigenvalue weighted by Gasteiger charge is 2.18. The van der Waals surface area contributed by atoms with Crippen LogP contribution in [-0.4, -0.2) is 24.8 Å². The number of hydrogen-bond donors (Lipinski definition) is 0. The average Bonchev–Trinajstić information content (AvgIpc) is 3.88. The van der Waals surface area contributed by atoms with E-state index >= 15 is 0 Å². The standard InChI is InChI=1S/C53H44N6/c1-38(39(2)37-54-43-17-7-4-8-18-43)27-28-40(3)57(46-33-29-41(30-34-46)52-55-48-23-13-15-25-50(48)58(52)44-19-9-5-10-20-44)47-35-31-42(32-36-47)53-56-49-24-14-16-26-51(49)59(53)45-21-11-6-12-22-45/h4-17,19-37H,18H2,1-3H3/b38-27+,39-37+,40-28+,54-43?. The Bertz CT molecular complexity index is 2790. The molecule has 0 spiro atoms. The van der Waals surface area contributed by atoms with Gasteiger partial charge in [-0.3, -0.25) is 14.1 Å². The molecule has 0 saturated carbocycles. The van der Waals surface area contributed by atoms with Gasteiger partial charge in [-0.2, -0.15) is 0 Å². The highest BCUT2D eigenvalue weighted by atomic mass is 15.1. The molecule has 1 aliphatic rings. The van der Waals surface area contributed by atoms with E-state index in [1.54, 1.807) is 0 Å². The lowest BCUT2D eigenvalue weighted by Gasteiger charge is -2.26. The van der Waals surface area contributed by atoms with Gasteiger partial charge in [0.1, 0.15) is 11.6 Å². The molecule has 6 heteroatoms. The van der Waals surface area contributed by atoms with E-state index in [2.05, 4.69) is 199 Å². The fourth-order valence-electron chi connectivity index (χ4n) is 7.52. The van der Waals surface area contributed by atoms with Gasteiger partial charge in [-0.15, -0.1) is 0 Å². The maximum Gasteiger partial charge on any atom is 0.145 e. The second-order valence-corrected chi connectivity index (χ2v) is 14.7. The van der Waals surface area contributed by atoms with E-state index in [0.717, 1.165) is 96.6 Å². The molecule has 1 aliphatic carbocycles. The third kappa shape index (κ3) is 7.64. The van der Waals surface area contributed by atoms with Crippen molar-refractivity contribution >= 4 is 39.2 Å². The Hall–Kier alpha value is -7.57. The van der Waals surface area contributed by atoms with Gasteiger partial charge in [0.2, 0.25) is 0 Å². The van der Waals surface area contributed by atoms with Gasteiger partial charge < -0.3 is 4.90 Å². The van der Waals surface area contributed by atoms with E-state index in [0.29, 0.717) is 0 Å². The van der Waals surface area contributed by atoms with Crippen LogP contribution in [0, 0.1) is 0 Å². The zero-order chi connectivity index (χ0) is 40.1. The summed E-state index contributed by atoms with van der Waals surface area (Å²) in [6, 6.07) is 55.0. The Morgan fingerprint density at radius 2 is 1.03 bits per heavy atom. The molecule has 0 amide bonds. The van der Waals surface area contributed by atoms with Crippen molar-refractivity contribution in [2.45, 2.75) is 27.2 Å². The first kappa shape index (κ1) is 37.0. The number of imidazole rings is 2. The minimum absolute atomic E-state index is 0.851. The van der Waals surface area contributed by atoms with Crippen LogP contribution in [0.1, 0.15) is 27.2 Å². The minimum Gasteiger partial charge on any atom is -0.315 e. The van der Waals surface area contributed by atoms with Crippen molar-refractivity contribution in [2.24, 2.45) is 4.99 Å². The van der Waals surface area contributed by atoms with Crippen molar-refractivity contribution in [1.82, 2.24) is 19.1 Å². The van der Waals surface area contributed by atoms with Gasteiger partial charge in [0.05, 0.1) is 22.1 Å². The van der Waals surface area contributed by atoms with E-state index < -0.39 is 0 Å². The highest BCUT2D eigenvalue weighted by molar-refractivity contribution is 5.97. The van der Waals surface area contributed by atoms with Crippen molar-refractivity contribution in [3.05, 3.63) is 217 Å². The molecule has 286 valence electrons. The van der Waals surface area contributed by atoms with Crippen LogP contribution < -0.4 is 4.90 Å². The van der Waals surface area contributed by atoms with Crippen molar-refractivity contribution in [2.75, 3.05) is 4.90 Å². The molecule has 59 heavy (non-hydrogen) atoms. The zero-order valence-electron chi connectivity index (χ0n) is 33.4. The molecule has 6 nitrogen and oxygen atoms in total. The van der Waals surface area contributed by atoms with Crippen LogP contribution in [-0.2, 0) is 0 Å². The minimum atomic E-state index is 0.851. The van der Waals surface area contributed by atoms with E-state index in [-0.39, 0.29) is 0 Å². The normalized spacial score (nSPS) is 14.2. The van der Waals surface area contributed by atoms with Gasteiger partial charge in [0.25, 0.3) is 0 Å². The van der Waals surface area contributed by atoms with Crippen LogP contribution in [0.5, 0.6) is 0 Å². The summed E-state index contributed by atoms with van der Waals surface area (Å²) in [5.41, 5.74) is 14.8. The summed E-state index contributed by atoms with van der Waals surface area (Å²) >= 11 is 0. The predicted octanol–water partition coefficient (Wildman–Crippen LogP) is 13.5. The molecular weight excluding hydrogens is 721 g/mol. The quantitative estimate of drug-likeness (QED) is 0.130. The largest absolute Gasteiger partial charge is 0.315 e. The molecule has 2 aromatic heterocycles. The Morgan fingerprint density at radius 1 is 0.542 bits per heavy atom. The SMILES string of the molecule is CC(=C\C=C(/C)N(c1ccc(-c2nc3ccccc3n2-c2ccccc2)cc1)c1ccc(-c2nc3ccccc3n2-c2ccccc2)cc1)/C(C)=C/N=C1C=CC=CC1. The Kier molecular flexibility index (Phi) is 10.4. The molecule has 0 saturated heterocycles. The van der Waals surface area contributed by atoms with E-state index in [1.165, 1.54) is 0 Å². The third-order valence-electron chi connectivity index (χ3n) is 10.8. The smallest absolute Gasteiger partial charge is 0.145 e. The van der Waals surface area contributed by atoms with Gasteiger partial charge >= 0.3 is 0 Å². The van der Waals surface area contributed by atoms with Crippen molar-refractivity contribution in [3.8, 4) is 34.2 Å². The fraction of sp³-hybridized carbons (Fsp3) is 0.0755. The molecule has 2 heterocycles. The van der Waals surface area contributed by atoms with Crippen LogP contribution >= 0.6 is 0 Å². The van der Waals surface area contributed by atoms with Crippen molar-refractivity contribution in [3.63, 3.8) is 0 Å². The lowest BCUT2D eigenvalue weighted by atomic mass is 10.1. The summed E-state index contributed by atoms with van der Waals surface area (Å²) in [6.45, 7) is 6.41. The number of para-hydroxylation sites is 6. The van der Waals surface area contributed by atoms with Crippen LogP contribution in [0.25, 0.3) is 56.2 Å². The molecule has 0 radical (unpaired) electrons. The number of anilines is 2. The summed E-state index contributed by atoms with van der Waals surface area (Å²) in [7, 11) is 0. The number of aromatic nitrogens is 4. The lowest BCUT2D eigenvalue weighted by molar-refractivity contribution is 1.10. The summed E-state index contributed by atoms with van der Waals surface area (Å²) in [5.74, 6) is 1.80. The van der Waals surface area contributed by atoms with Gasteiger partial charge in [-0.05, 0) is 141 Å². The summed E-state index contributed by atoms with van der Waals surface area (Å²) in [6.07, 6.45) is 15.5. The molecule has 0 atom stereocenters. The molecule has 0 fully saturated rings. The first-order valence-corrected chi connectivity index (χ1v) is 20.0. The Labute approximate surface area is 345 Å². The van der Waals surface area contributed by atoms with Crippen molar-refractivity contribution in [1.29, 1.82) is 0 Å². The Balaban J connectivity index is 1.11. The summed E-state index contributed by atoms with van der Waals surface area (Å²) in [5, 5.41) is 0. The van der Waals surface area contributed by atoms with Crippen LogP contribution in [0.3, 0.4) is 0 Å². The maximum atomic E-state index is 5.12. The number of fused-ring (bicyclic) bond motifs is 2. The van der Waals surface area contributed by atoms with E-state index in [1.807, 2.05) is 36.5 Å². The maximum absolute atomic E-state index is 5.12. The number of nitrogens with zero attached hydrogens (tertiary/aromatic N) is 6. The molecule has 0 aliphatic heterocycles. The molecular formula is C53H44N6. The third-order valence-corrected chi connectivity index (χ3v) is 10.8. The first-order chi connectivity index (χ1) is 29.0. The van der Waals surface area contributed by atoms with Crippen molar-refractivity contribution < 1.29 is 0 Å². The predicted molar refractivity (Wildman–Crippen MR) is 247 cm³/mol. The first-order valence-electron chi connectivity index (χ1n) is 20.0. The summed E-state index contributed by atoms with van der Waals surface area (Å²) in [4.78, 5) is 17.3. The van der Waals surface area contributed by atoms with Crippen LogP contribution in [0.15, 0.2) is 222 Å². The topological polar surface area (TPSA) is 51.2 Å². The Morgan fingerprint density at radius 3 is 1.53 bits per heavy atom. The number of allylic oxidation sites excluding steroid dienone is 9. The number of hydrogen-bond acceptors (Lipinski definition) is 4. The van der Waals surface area contributed by atoms with Gasteiger partial charge in [-0.1, -0.05) is 85.0 Å². The molecule has 8 aromatic rings. The lowest BCUT2D eigenvalue weighted by Crippen LogP contribution is -2.14. The summed E-state index contributed by atoms with van der Waals surface area (Å²) < 4.78 is 4.48. The number of aliphatic imine (C=N–C) groups is 1. The molecule has 0 unspecified atom stereocenters. The zero-order valence-corrected chi connectivity index (χ0v) is 33.4. The van der Waals surface area contributed by atoms with E-state index in [4.69, 9.17) is 15.0 Å². The average molecular weight is 765 g/mol. The number of benzene rings is 6. The van der Waals surface area contributed by atoms with E-state index in [9.17, 15) is 0 Å². The van der Waals surface area contributed by atoms with Gasteiger partial charge in [-0.25, -0.2) is 9.97 Å². The molecule has 0 bridgehead atoms. The van der Waals surface area contributed by atoms with Crippen LogP contribution in [0.2, 0.25) is 0 Å². The van der Waals surface area contributed by atoms with Crippen LogP contribution in [0.4, 0.5) is 11.4 Å². The van der Waals surface area contributed by atoms with Gasteiger partial charge in [0.15, 0.2) is 0 Å². The second-order valence-electron chi connectivity index (χ2n) is 14.7. The monoisotopic (exact) mass is 764 g/mol. The molecule has 9 rings (SSSR count). The molecule has 6 aromatic carbocycles. The second kappa shape index (κ2) is 16.5. The molecule has 0 N–H and O–H groups in total. The van der Waals surface area contributed by atoms with Gasteiger partial charge in [0, 0.05) is 57.9 Å².